The summed E-state index contributed by atoms with van der Waals surface area (Å²) in [5.74, 6) is 1.87. The van der Waals surface area contributed by atoms with Crippen LogP contribution in [0.1, 0.15) is 6.42 Å². The summed E-state index contributed by atoms with van der Waals surface area (Å²) in [6.45, 7) is 2.93. The largest absolute Gasteiger partial charge is 0.497 e. The average molecular weight is 447 g/mol. The van der Waals surface area contributed by atoms with Gasteiger partial charge < -0.3 is 19.4 Å². The Morgan fingerprint density at radius 3 is 2.36 bits per heavy atom. The first-order chi connectivity index (χ1) is 16.1. The number of piperazine rings is 1. The molecule has 2 aliphatic heterocycles. The number of aromatic nitrogens is 4. The van der Waals surface area contributed by atoms with E-state index >= 15 is 0 Å². The normalized spacial score (nSPS) is 18.6. The van der Waals surface area contributed by atoms with E-state index in [0.29, 0.717) is 38.5 Å². The molecular weight excluding hydrogens is 422 g/mol. The lowest BCUT2D eigenvalue weighted by atomic mass is 10.1. The number of methoxy groups -OCH3 is 1. The van der Waals surface area contributed by atoms with Crippen LogP contribution in [0.3, 0.4) is 0 Å². The molecule has 0 aliphatic carbocycles. The average Bonchev–Trinajstić information content (AvgIpc) is 3.54. The molecule has 5 rings (SSSR count). The van der Waals surface area contributed by atoms with Crippen molar-refractivity contribution in [2.75, 3.05) is 49.6 Å². The van der Waals surface area contributed by atoms with Gasteiger partial charge in [0.1, 0.15) is 5.75 Å². The standard InChI is InChI=1S/C23H25N7O3/c1-33-19-5-3-18(4-6-19)29-16-17(15-22(29)31)23(32)28-13-11-27(12-14-28)20-7-8-21(26-25-20)30-10-2-9-24-30/h2-10,17H,11-16H2,1H3. The quantitative estimate of drug-likeness (QED) is 0.583. The molecule has 3 aromatic rings. The Balaban J connectivity index is 1.17. The lowest BCUT2D eigenvalue weighted by Gasteiger charge is -2.36. The van der Waals surface area contributed by atoms with Gasteiger partial charge in [0.05, 0.1) is 13.0 Å². The van der Waals surface area contributed by atoms with Crippen molar-refractivity contribution >= 4 is 23.3 Å². The molecule has 1 unspecified atom stereocenters. The van der Waals surface area contributed by atoms with Crippen LogP contribution >= 0.6 is 0 Å². The Morgan fingerprint density at radius 1 is 1.00 bits per heavy atom. The highest BCUT2D eigenvalue weighted by atomic mass is 16.5. The summed E-state index contributed by atoms with van der Waals surface area (Å²) < 4.78 is 6.84. The molecule has 1 atom stereocenters. The highest BCUT2D eigenvalue weighted by Gasteiger charge is 2.38. The summed E-state index contributed by atoms with van der Waals surface area (Å²) in [5, 5.41) is 12.7. The van der Waals surface area contributed by atoms with Gasteiger partial charge in [-0.3, -0.25) is 9.59 Å². The van der Waals surface area contributed by atoms with E-state index in [2.05, 4.69) is 20.2 Å². The molecule has 2 aromatic heterocycles. The van der Waals surface area contributed by atoms with Crippen LogP contribution in [0.25, 0.3) is 5.82 Å². The maximum atomic E-state index is 13.1. The summed E-state index contributed by atoms with van der Waals surface area (Å²) in [6.07, 6.45) is 3.75. The van der Waals surface area contributed by atoms with Gasteiger partial charge in [-0.05, 0) is 42.5 Å². The van der Waals surface area contributed by atoms with Gasteiger partial charge in [-0.1, -0.05) is 0 Å². The summed E-state index contributed by atoms with van der Waals surface area (Å²) >= 11 is 0. The van der Waals surface area contributed by atoms with E-state index in [0.717, 1.165) is 17.3 Å². The summed E-state index contributed by atoms with van der Waals surface area (Å²) in [7, 11) is 1.60. The van der Waals surface area contributed by atoms with Crippen molar-refractivity contribution in [3.63, 3.8) is 0 Å². The molecule has 2 aliphatic rings. The molecule has 10 heteroatoms. The second-order valence-electron chi connectivity index (χ2n) is 8.12. The molecule has 10 nitrogen and oxygen atoms in total. The Labute approximate surface area is 191 Å². The van der Waals surface area contributed by atoms with Crippen LogP contribution < -0.4 is 14.5 Å². The number of carbonyl (C=O) groups is 2. The van der Waals surface area contributed by atoms with E-state index in [-0.39, 0.29) is 24.2 Å². The molecule has 0 spiro atoms. The first kappa shape index (κ1) is 20.9. The Hall–Kier alpha value is -3.95. The number of rotatable bonds is 5. The first-order valence-corrected chi connectivity index (χ1v) is 10.9. The van der Waals surface area contributed by atoms with Crippen molar-refractivity contribution < 1.29 is 14.3 Å². The molecule has 0 N–H and O–H groups in total. The van der Waals surface area contributed by atoms with Crippen molar-refractivity contribution in [3.05, 3.63) is 54.9 Å². The SMILES string of the molecule is COc1ccc(N2CC(C(=O)N3CCN(c4ccc(-n5cccn5)nn4)CC3)CC2=O)cc1. The van der Waals surface area contributed by atoms with Crippen molar-refractivity contribution in [2.24, 2.45) is 5.92 Å². The molecule has 33 heavy (non-hydrogen) atoms. The van der Waals surface area contributed by atoms with Gasteiger partial charge in [-0.15, -0.1) is 10.2 Å². The molecule has 0 saturated carbocycles. The number of ether oxygens (including phenoxy) is 1. The number of nitrogens with zero attached hydrogens (tertiary/aromatic N) is 7. The van der Waals surface area contributed by atoms with E-state index in [9.17, 15) is 9.59 Å². The van der Waals surface area contributed by atoms with Gasteiger partial charge in [0.25, 0.3) is 0 Å². The molecule has 0 bridgehead atoms. The van der Waals surface area contributed by atoms with E-state index in [1.807, 2.05) is 53.6 Å². The lowest BCUT2D eigenvalue weighted by Crippen LogP contribution is -2.51. The number of anilines is 2. The summed E-state index contributed by atoms with van der Waals surface area (Å²) in [5.41, 5.74) is 0.790. The van der Waals surface area contributed by atoms with Crippen LogP contribution in [0.4, 0.5) is 11.5 Å². The third-order valence-electron chi connectivity index (χ3n) is 6.15. The molecule has 170 valence electrons. The highest BCUT2D eigenvalue weighted by Crippen LogP contribution is 2.28. The number of hydrogen-bond donors (Lipinski definition) is 0. The van der Waals surface area contributed by atoms with Crippen LogP contribution in [0, 0.1) is 5.92 Å². The summed E-state index contributed by atoms with van der Waals surface area (Å²) in [6, 6.07) is 13.0. The minimum atomic E-state index is -0.320. The molecule has 2 amide bonds. The van der Waals surface area contributed by atoms with Crippen LogP contribution in [0.5, 0.6) is 5.75 Å². The number of benzene rings is 1. The monoisotopic (exact) mass is 447 g/mol. The first-order valence-electron chi connectivity index (χ1n) is 10.9. The van der Waals surface area contributed by atoms with Crippen LogP contribution in [-0.4, -0.2) is 76.5 Å². The van der Waals surface area contributed by atoms with E-state index < -0.39 is 0 Å². The maximum Gasteiger partial charge on any atom is 0.228 e. The van der Waals surface area contributed by atoms with E-state index in [1.54, 1.807) is 22.9 Å². The van der Waals surface area contributed by atoms with Crippen molar-refractivity contribution in [3.8, 4) is 11.6 Å². The predicted octanol–water partition coefficient (Wildman–Crippen LogP) is 1.37. The topological polar surface area (TPSA) is 96.7 Å². The van der Waals surface area contributed by atoms with Crippen LogP contribution in [0.2, 0.25) is 0 Å². The van der Waals surface area contributed by atoms with Crippen LogP contribution in [0.15, 0.2) is 54.9 Å². The predicted molar refractivity (Wildman–Crippen MR) is 121 cm³/mol. The van der Waals surface area contributed by atoms with E-state index in [1.165, 1.54) is 0 Å². The highest BCUT2D eigenvalue weighted by molar-refractivity contribution is 6.00. The van der Waals surface area contributed by atoms with Gasteiger partial charge in [0, 0.05) is 57.2 Å². The number of amides is 2. The molecule has 1 aromatic carbocycles. The minimum Gasteiger partial charge on any atom is -0.497 e. The van der Waals surface area contributed by atoms with Crippen molar-refractivity contribution in [1.82, 2.24) is 24.9 Å². The second-order valence-corrected chi connectivity index (χ2v) is 8.12. The fourth-order valence-corrected chi connectivity index (χ4v) is 4.31. The molecule has 2 saturated heterocycles. The van der Waals surface area contributed by atoms with Crippen molar-refractivity contribution in [2.45, 2.75) is 6.42 Å². The van der Waals surface area contributed by atoms with Gasteiger partial charge in [0.2, 0.25) is 11.8 Å². The third-order valence-corrected chi connectivity index (χ3v) is 6.15. The fourth-order valence-electron chi connectivity index (χ4n) is 4.31. The van der Waals surface area contributed by atoms with Gasteiger partial charge in [0.15, 0.2) is 11.6 Å². The van der Waals surface area contributed by atoms with Crippen LogP contribution in [-0.2, 0) is 9.59 Å². The molecule has 2 fully saturated rings. The zero-order valence-corrected chi connectivity index (χ0v) is 18.4. The minimum absolute atomic E-state index is 0.0234. The Morgan fingerprint density at radius 2 is 1.73 bits per heavy atom. The Bertz CT molecular complexity index is 1110. The van der Waals surface area contributed by atoms with E-state index in [4.69, 9.17) is 4.74 Å². The molecule has 0 radical (unpaired) electrons. The molecular formula is C23H25N7O3. The zero-order valence-electron chi connectivity index (χ0n) is 18.4. The maximum absolute atomic E-state index is 13.1. The third kappa shape index (κ3) is 4.23. The number of hydrogen-bond acceptors (Lipinski definition) is 7. The van der Waals surface area contributed by atoms with Gasteiger partial charge in [-0.25, -0.2) is 4.68 Å². The van der Waals surface area contributed by atoms with Gasteiger partial charge in [-0.2, -0.15) is 5.10 Å². The lowest BCUT2D eigenvalue weighted by molar-refractivity contribution is -0.136. The summed E-state index contributed by atoms with van der Waals surface area (Å²) in [4.78, 5) is 31.4. The second kappa shape index (κ2) is 8.89. The smallest absolute Gasteiger partial charge is 0.228 e. The van der Waals surface area contributed by atoms with Gasteiger partial charge >= 0.3 is 0 Å². The zero-order chi connectivity index (χ0) is 22.8. The Kier molecular flexibility index (Phi) is 5.64. The number of carbonyl (C=O) groups excluding carboxylic acids is 2. The van der Waals surface area contributed by atoms with Crippen molar-refractivity contribution in [1.29, 1.82) is 0 Å². The fraction of sp³-hybridized carbons (Fsp3) is 0.348. The molecule has 4 heterocycles.